The quantitative estimate of drug-likeness (QED) is 0.166. The van der Waals surface area contributed by atoms with E-state index >= 15 is 0 Å². The van der Waals surface area contributed by atoms with Crippen LogP contribution in [-0.2, 0) is 17.1 Å². The topological polar surface area (TPSA) is 70.8 Å². The van der Waals surface area contributed by atoms with E-state index in [2.05, 4.69) is 24.3 Å². The average Bonchev–Trinajstić information content (AvgIpc) is 2.96. The summed E-state index contributed by atoms with van der Waals surface area (Å²) in [6.45, 7) is 0. The second-order valence-electron chi connectivity index (χ2n) is 8.95. The molecule has 39 heavy (non-hydrogen) atoms. The van der Waals surface area contributed by atoms with Crippen LogP contribution in [0.3, 0.4) is 0 Å². The molecule has 6 rings (SSSR count). The molecule has 0 aliphatic rings. The maximum absolute atomic E-state index is 12.3. The Hall–Kier alpha value is -4.70. The van der Waals surface area contributed by atoms with Crippen LogP contribution >= 0.6 is 0 Å². The Morgan fingerprint density at radius 3 is 1.26 bits per heavy atom. The first-order chi connectivity index (χ1) is 18.7. The molecule has 0 saturated heterocycles. The molecule has 6 aromatic carbocycles. The van der Waals surface area contributed by atoms with Crippen molar-refractivity contribution in [2.75, 3.05) is 0 Å². The molecule has 0 heterocycles. The van der Waals surface area contributed by atoms with Crippen LogP contribution in [0.1, 0.15) is 11.1 Å². The maximum atomic E-state index is 12.3. The van der Waals surface area contributed by atoms with Gasteiger partial charge in [-0.2, -0.15) is 0 Å². The van der Waals surface area contributed by atoms with Crippen LogP contribution in [0, 0.1) is 0 Å². The molecule has 0 amide bonds. The van der Waals surface area contributed by atoms with Gasteiger partial charge in [0.25, 0.3) is 0 Å². The molecule has 0 atom stereocenters. The maximum Gasteiger partial charge on any atom is 2.00 e. The first-order valence-electron chi connectivity index (χ1n) is 12.3. The van der Waals surface area contributed by atoms with Crippen LogP contribution in [0.2, 0.25) is 0 Å². The standard InChI is InChI=1S/C34H24N2O2.Cu/c37-31-15-7-3-11-25(31)21-35-29-19-17-23-9-1-5-13-27(23)33(29)34-28-14-6-2-10-24(28)18-20-30(34)36-22-26-12-4-8-16-32(26)38;/h1-22,37-38H;/q;+2/p-2. The minimum absolute atomic E-state index is 0. The third kappa shape index (κ3) is 5.19. The van der Waals surface area contributed by atoms with Crippen molar-refractivity contribution < 1.29 is 27.3 Å². The number of para-hydroxylation sites is 2. The van der Waals surface area contributed by atoms with Crippen molar-refractivity contribution in [3.05, 3.63) is 132 Å². The molecular formula is C34H22CuN2O2. The van der Waals surface area contributed by atoms with E-state index < -0.39 is 0 Å². The van der Waals surface area contributed by atoms with E-state index in [-0.39, 0.29) is 28.6 Å². The van der Waals surface area contributed by atoms with Crippen LogP contribution in [0.4, 0.5) is 11.4 Å². The van der Waals surface area contributed by atoms with Gasteiger partial charge in [0.2, 0.25) is 0 Å². The SMILES string of the molecule is [Cu+2].[O-]c1ccccc1C=Nc1ccc2ccccc2c1-c1c(N=Cc2ccccc2[O-])ccc2ccccc12. The molecule has 5 heteroatoms. The Balaban J connectivity index is 0.00000308. The van der Waals surface area contributed by atoms with Gasteiger partial charge in [-0.3, -0.25) is 9.98 Å². The van der Waals surface area contributed by atoms with Crippen LogP contribution in [0.5, 0.6) is 11.5 Å². The van der Waals surface area contributed by atoms with Crippen LogP contribution < -0.4 is 10.2 Å². The molecule has 4 nitrogen and oxygen atoms in total. The van der Waals surface area contributed by atoms with Gasteiger partial charge in [-0.15, -0.1) is 11.5 Å². The van der Waals surface area contributed by atoms with Gasteiger partial charge in [0.1, 0.15) is 0 Å². The fourth-order valence-electron chi connectivity index (χ4n) is 4.71. The Labute approximate surface area is 237 Å². The normalized spacial score (nSPS) is 11.4. The smallest absolute Gasteiger partial charge is 0.872 e. The number of benzene rings is 6. The summed E-state index contributed by atoms with van der Waals surface area (Å²) in [7, 11) is 0. The molecule has 0 bridgehead atoms. The fraction of sp³-hybridized carbons (Fsp3) is 0. The van der Waals surface area contributed by atoms with Crippen molar-refractivity contribution in [3.8, 4) is 22.6 Å². The average molecular weight is 554 g/mol. The van der Waals surface area contributed by atoms with Gasteiger partial charge >= 0.3 is 17.1 Å². The van der Waals surface area contributed by atoms with Crippen molar-refractivity contribution in [2.24, 2.45) is 9.98 Å². The van der Waals surface area contributed by atoms with E-state index in [4.69, 9.17) is 9.98 Å². The predicted octanol–water partition coefficient (Wildman–Crippen LogP) is 7.31. The summed E-state index contributed by atoms with van der Waals surface area (Å²) in [4.78, 5) is 9.63. The Morgan fingerprint density at radius 2 is 0.821 bits per heavy atom. The van der Waals surface area contributed by atoms with Gasteiger partial charge in [0, 0.05) is 23.6 Å². The van der Waals surface area contributed by atoms with Gasteiger partial charge in [-0.05, 0) is 44.8 Å². The molecule has 0 aliphatic carbocycles. The van der Waals surface area contributed by atoms with E-state index in [1.165, 1.54) is 12.1 Å². The minimum atomic E-state index is -0.0784. The third-order valence-corrected chi connectivity index (χ3v) is 6.59. The molecule has 0 spiro atoms. The van der Waals surface area contributed by atoms with Crippen LogP contribution in [0.15, 0.2) is 131 Å². The van der Waals surface area contributed by atoms with Gasteiger partial charge in [-0.25, -0.2) is 0 Å². The summed E-state index contributed by atoms with van der Waals surface area (Å²) in [6, 6.07) is 38.1. The molecular weight excluding hydrogens is 532 g/mol. The van der Waals surface area contributed by atoms with Crippen molar-refractivity contribution >= 4 is 45.3 Å². The van der Waals surface area contributed by atoms with Gasteiger partial charge < -0.3 is 10.2 Å². The van der Waals surface area contributed by atoms with E-state index in [9.17, 15) is 10.2 Å². The minimum Gasteiger partial charge on any atom is -0.872 e. The zero-order valence-electron chi connectivity index (χ0n) is 20.7. The number of aliphatic imine (C=N–C) groups is 2. The molecule has 0 aromatic heterocycles. The van der Waals surface area contributed by atoms with Crippen LogP contribution in [0.25, 0.3) is 32.7 Å². The Morgan fingerprint density at radius 1 is 0.436 bits per heavy atom. The zero-order valence-corrected chi connectivity index (χ0v) is 21.7. The van der Waals surface area contributed by atoms with Gasteiger partial charge in [0.15, 0.2) is 0 Å². The molecule has 0 fully saturated rings. The summed E-state index contributed by atoms with van der Waals surface area (Å²) in [5.74, 6) is -0.157. The van der Waals surface area contributed by atoms with Crippen molar-refractivity contribution in [3.63, 3.8) is 0 Å². The molecule has 191 valence electrons. The molecule has 0 unspecified atom stereocenters. The zero-order chi connectivity index (χ0) is 25.9. The van der Waals surface area contributed by atoms with Crippen LogP contribution in [-0.4, -0.2) is 12.4 Å². The molecule has 0 N–H and O–H groups in total. The molecule has 1 radical (unpaired) electrons. The Kier molecular flexibility index (Phi) is 7.55. The first kappa shape index (κ1) is 25.9. The Bertz CT molecular complexity index is 1720. The van der Waals surface area contributed by atoms with E-state index in [0.717, 1.165) is 44.0 Å². The number of nitrogens with zero attached hydrogens (tertiary/aromatic N) is 2. The number of fused-ring (bicyclic) bond motifs is 2. The molecule has 6 aromatic rings. The van der Waals surface area contributed by atoms with Crippen molar-refractivity contribution in [2.45, 2.75) is 0 Å². The van der Waals surface area contributed by atoms with Gasteiger partial charge in [-0.1, -0.05) is 109 Å². The van der Waals surface area contributed by atoms with E-state index in [1.54, 1.807) is 36.7 Å². The van der Waals surface area contributed by atoms with Gasteiger partial charge in [0.05, 0.1) is 11.4 Å². The largest absolute Gasteiger partial charge is 2.00 e. The monoisotopic (exact) mass is 553 g/mol. The van der Waals surface area contributed by atoms with E-state index in [0.29, 0.717) is 11.1 Å². The second-order valence-corrected chi connectivity index (χ2v) is 8.95. The predicted molar refractivity (Wildman–Crippen MR) is 153 cm³/mol. The third-order valence-electron chi connectivity index (χ3n) is 6.59. The first-order valence-corrected chi connectivity index (χ1v) is 12.3. The van der Waals surface area contributed by atoms with Crippen molar-refractivity contribution in [1.29, 1.82) is 0 Å². The molecule has 0 aliphatic heterocycles. The number of hydrogen-bond donors (Lipinski definition) is 0. The summed E-state index contributed by atoms with van der Waals surface area (Å²) in [5.41, 5.74) is 4.33. The fourth-order valence-corrected chi connectivity index (χ4v) is 4.71. The summed E-state index contributed by atoms with van der Waals surface area (Å²) in [5, 5.41) is 28.9. The summed E-state index contributed by atoms with van der Waals surface area (Å²) in [6.07, 6.45) is 3.25. The van der Waals surface area contributed by atoms with Crippen molar-refractivity contribution in [1.82, 2.24) is 0 Å². The summed E-state index contributed by atoms with van der Waals surface area (Å²) >= 11 is 0. The number of rotatable bonds is 5. The second kappa shape index (κ2) is 11.4. The number of hydrogen-bond acceptors (Lipinski definition) is 4. The molecule has 0 saturated carbocycles. The summed E-state index contributed by atoms with van der Waals surface area (Å²) < 4.78 is 0. The van der Waals surface area contributed by atoms with E-state index in [1.807, 2.05) is 60.7 Å².